The molecule has 4 nitrogen and oxygen atoms in total. The smallest absolute Gasteiger partial charge is 0.163 e. The molecule has 0 aromatic carbocycles. The fourth-order valence-electron chi connectivity index (χ4n) is 3.23. The van der Waals surface area contributed by atoms with Gasteiger partial charge in [0.25, 0.3) is 0 Å². The Hall–Kier alpha value is -1.60. The molecule has 2 aliphatic heterocycles. The summed E-state index contributed by atoms with van der Waals surface area (Å²) in [4.78, 5) is 6.69. The van der Waals surface area contributed by atoms with Crippen LogP contribution in [0.3, 0.4) is 0 Å². The number of hydrogen-bond acceptors (Lipinski definition) is 4. The average molecular weight is 242 g/mol. The highest BCUT2D eigenvalue weighted by molar-refractivity contribution is 5.54. The molecule has 18 heavy (non-hydrogen) atoms. The van der Waals surface area contributed by atoms with Crippen molar-refractivity contribution in [2.75, 3.05) is 18.4 Å². The number of aromatic nitrogens is 1. The fraction of sp³-hybridized carbons (Fsp3) is 0.571. The largest absolute Gasteiger partial charge is 0.378 e. The topological polar surface area (TPSA) is 52.0 Å². The molecule has 0 saturated carbocycles. The van der Waals surface area contributed by atoms with E-state index in [4.69, 9.17) is 5.26 Å². The number of nitrogens with one attached hydrogen (secondary N) is 1. The van der Waals surface area contributed by atoms with E-state index in [1.54, 1.807) is 6.20 Å². The zero-order valence-electron chi connectivity index (χ0n) is 10.5. The summed E-state index contributed by atoms with van der Waals surface area (Å²) in [6.45, 7) is 2.42. The standard InChI is InChI=1S/C14H18N4/c15-10-13-11(4-3-7-16-13)17-12-6-9-18-8-2-1-5-14(12)18/h3-4,7,12,14,17H,1-2,5-6,8-9H2. The summed E-state index contributed by atoms with van der Waals surface area (Å²) in [5.74, 6) is 0. The highest BCUT2D eigenvalue weighted by atomic mass is 15.2. The van der Waals surface area contributed by atoms with Crippen molar-refractivity contribution in [3.63, 3.8) is 0 Å². The Morgan fingerprint density at radius 3 is 3.17 bits per heavy atom. The Kier molecular flexibility index (Phi) is 3.16. The Labute approximate surface area is 108 Å². The molecule has 0 amide bonds. The maximum atomic E-state index is 9.06. The molecule has 3 heterocycles. The first-order valence-corrected chi connectivity index (χ1v) is 6.74. The fourth-order valence-corrected chi connectivity index (χ4v) is 3.23. The summed E-state index contributed by atoms with van der Waals surface area (Å²) in [5, 5.41) is 12.6. The van der Waals surface area contributed by atoms with Gasteiger partial charge in [-0.05, 0) is 37.9 Å². The molecule has 4 heteroatoms. The van der Waals surface area contributed by atoms with Gasteiger partial charge >= 0.3 is 0 Å². The minimum Gasteiger partial charge on any atom is -0.378 e. The minimum atomic E-state index is 0.474. The summed E-state index contributed by atoms with van der Waals surface area (Å²) >= 11 is 0. The number of piperidine rings is 1. The lowest BCUT2D eigenvalue weighted by atomic mass is 9.99. The first kappa shape index (κ1) is 11.5. The molecule has 0 spiro atoms. The second-order valence-corrected chi connectivity index (χ2v) is 5.15. The van der Waals surface area contributed by atoms with Gasteiger partial charge in [-0.3, -0.25) is 4.90 Å². The molecule has 94 valence electrons. The van der Waals surface area contributed by atoms with E-state index < -0.39 is 0 Å². The van der Waals surface area contributed by atoms with Crippen molar-refractivity contribution in [2.45, 2.75) is 37.8 Å². The molecular formula is C14H18N4. The number of nitriles is 1. The number of anilines is 1. The number of hydrogen-bond donors (Lipinski definition) is 1. The number of rotatable bonds is 2. The average Bonchev–Trinajstić information content (AvgIpc) is 2.83. The second-order valence-electron chi connectivity index (χ2n) is 5.15. The van der Waals surface area contributed by atoms with Gasteiger partial charge in [-0.2, -0.15) is 5.26 Å². The third-order valence-corrected chi connectivity index (χ3v) is 4.11. The van der Waals surface area contributed by atoms with Crippen molar-refractivity contribution >= 4 is 5.69 Å². The van der Waals surface area contributed by atoms with E-state index in [-0.39, 0.29) is 0 Å². The Morgan fingerprint density at radius 1 is 1.33 bits per heavy atom. The zero-order chi connectivity index (χ0) is 12.4. The highest BCUT2D eigenvalue weighted by Gasteiger charge is 2.35. The van der Waals surface area contributed by atoms with E-state index in [9.17, 15) is 0 Å². The van der Waals surface area contributed by atoms with Crippen molar-refractivity contribution in [2.24, 2.45) is 0 Å². The van der Waals surface area contributed by atoms with Crippen molar-refractivity contribution in [1.29, 1.82) is 5.26 Å². The molecule has 0 aliphatic carbocycles. The molecule has 0 radical (unpaired) electrons. The quantitative estimate of drug-likeness (QED) is 0.861. The van der Waals surface area contributed by atoms with Crippen LogP contribution < -0.4 is 5.32 Å². The number of fused-ring (bicyclic) bond motifs is 1. The van der Waals surface area contributed by atoms with Gasteiger partial charge in [-0.1, -0.05) is 6.42 Å². The van der Waals surface area contributed by atoms with Crippen LogP contribution in [0.2, 0.25) is 0 Å². The third kappa shape index (κ3) is 2.06. The van der Waals surface area contributed by atoms with Crippen molar-refractivity contribution < 1.29 is 0 Å². The zero-order valence-corrected chi connectivity index (χ0v) is 10.5. The molecule has 2 atom stereocenters. The van der Waals surface area contributed by atoms with Gasteiger partial charge in [0.15, 0.2) is 5.69 Å². The normalized spacial score (nSPS) is 27.5. The first-order valence-electron chi connectivity index (χ1n) is 6.74. The lowest BCUT2D eigenvalue weighted by Gasteiger charge is -2.33. The molecular weight excluding hydrogens is 224 g/mol. The lowest BCUT2D eigenvalue weighted by Crippen LogP contribution is -2.41. The van der Waals surface area contributed by atoms with Gasteiger partial charge in [0.2, 0.25) is 0 Å². The van der Waals surface area contributed by atoms with Gasteiger partial charge in [0.05, 0.1) is 5.69 Å². The lowest BCUT2D eigenvalue weighted by molar-refractivity contribution is 0.193. The van der Waals surface area contributed by atoms with Crippen LogP contribution in [0.4, 0.5) is 5.69 Å². The van der Waals surface area contributed by atoms with Gasteiger partial charge in [0, 0.05) is 24.8 Å². The molecule has 2 saturated heterocycles. The van der Waals surface area contributed by atoms with Gasteiger partial charge in [-0.25, -0.2) is 4.98 Å². The van der Waals surface area contributed by atoms with E-state index in [0.29, 0.717) is 17.8 Å². The predicted octanol–water partition coefficient (Wildman–Crippen LogP) is 1.99. The van der Waals surface area contributed by atoms with E-state index in [1.807, 2.05) is 12.1 Å². The molecule has 0 bridgehead atoms. The molecule has 1 aromatic rings. The monoisotopic (exact) mass is 242 g/mol. The molecule has 2 aliphatic rings. The van der Waals surface area contributed by atoms with Crippen molar-refractivity contribution in [3.05, 3.63) is 24.0 Å². The molecule has 3 rings (SSSR count). The van der Waals surface area contributed by atoms with E-state index in [2.05, 4.69) is 21.3 Å². The predicted molar refractivity (Wildman–Crippen MR) is 70.2 cm³/mol. The summed E-state index contributed by atoms with van der Waals surface area (Å²) in [5.41, 5.74) is 1.39. The van der Waals surface area contributed by atoms with Crippen LogP contribution in [0.25, 0.3) is 0 Å². The second kappa shape index (κ2) is 4.95. The van der Waals surface area contributed by atoms with Crippen molar-refractivity contribution in [3.8, 4) is 6.07 Å². The number of nitrogens with zero attached hydrogens (tertiary/aromatic N) is 3. The molecule has 1 aromatic heterocycles. The Morgan fingerprint density at radius 2 is 2.28 bits per heavy atom. The van der Waals surface area contributed by atoms with E-state index in [0.717, 1.165) is 5.69 Å². The van der Waals surface area contributed by atoms with Crippen LogP contribution in [0.15, 0.2) is 18.3 Å². The van der Waals surface area contributed by atoms with Gasteiger partial charge in [0.1, 0.15) is 6.07 Å². The maximum Gasteiger partial charge on any atom is 0.163 e. The van der Waals surface area contributed by atoms with Crippen LogP contribution in [0.1, 0.15) is 31.4 Å². The summed E-state index contributed by atoms with van der Waals surface area (Å²) < 4.78 is 0. The minimum absolute atomic E-state index is 0.474. The Balaban J connectivity index is 1.75. The maximum absolute atomic E-state index is 9.06. The van der Waals surface area contributed by atoms with Crippen LogP contribution in [-0.4, -0.2) is 35.1 Å². The summed E-state index contributed by atoms with van der Waals surface area (Å²) in [6, 6.07) is 7.11. The third-order valence-electron chi connectivity index (χ3n) is 4.11. The number of pyridine rings is 1. The van der Waals surface area contributed by atoms with Gasteiger partial charge < -0.3 is 5.32 Å². The highest BCUT2D eigenvalue weighted by Crippen LogP contribution is 2.29. The molecule has 2 unspecified atom stereocenters. The van der Waals surface area contributed by atoms with Crippen molar-refractivity contribution in [1.82, 2.24) is 9.88 Å². The first-order chi connectivity index (χ1) is 8.88. The van der Waals surface area contributed by atoms with Crippen LogP contribution in [-0.2, 0) is 0 Å². The van der Waals surface area contributed by atoms with E-state index in [1.165, 1.54) is 38.8 Å². The summed E-state index contributed by atoms with van der Waals surface area (Å²) in [6.07, 6.45) is 6.78. The Bertz CT molecular complexity index is 465. The summed E-state index contributed by atoms with van der Waals surface area (Å²) in [7, 11) is 0. The van der Waals surface area contributed by atoms with E-state index >= 15 is 0 Å². The van der Waals surface area contributed by atoms with Crippen LogP contribution >= 0.6 is 0 Å². The molecule has 2 fully saturated rings. The van der Waals surface area contributed by atoms with Gasteiger partial charge in [-0.15, -0.1) is 0 Å². The van der Waals surface area contributed by atoms with Crippen LogP contribution in [0.5, 0.6) is 0 Å². The molecule has 1 N–H and O–H groups in total. The van der Waals surface area contributed by atoms with Crippen LogP contribution in [0, 0.1) is 11.3 Å². The SMILES string of the molecule is N#Cc1ncccc1NC1CCN2CCCCC12.